The van der Waals surface area contributed by atoms with E-state index < -0.39 is 0 Å². The summed E-state index contributed by atoms with van der Waals surface area (Å²) >= 11 is 1.62. The van der Waals surface area contributed by atoms with E-state index >= 15 is 0 Å². The fourth-order valence-electron chi connectivity index (χ4n) is 2.07. The third-order valence-electron chi connectivity index (χ3n) is 3.23. The van der Waals surface area contributed by atoms with Crippen LogP contribution < -0.4 is 5.32 Å². The number of amides is 1. The predicted octanol–water partition coefficient (Wildman–Crippen LogP) is 2.47. The van der Waals surface area contributed by atoms with Crippen molar-refractivity contribution in [3.8, 4) is 0 Å². The summed E-state index contributed by atoms with van der Waals surface area (Å²) in [6, 6.07) is 5.22. The van der Waals surface area contributed by atoms with E-state index in [2.05, 4.69) is 32.6 Å². The van der Waals surface area contributed by atoms with Gasteiger partial charge >= 0.3 is 0 Å². The van der Waals surface area contributed by atoms with Crippen LogP contribution in [0.2, 0.25) is 0 Å². The van der Waals surface area contributed by atoms with Crippen molar-refractivity contribution in [2.45, 2.75) is 26.3 Å². The monoisotopic (exact) mass is 301 g/mol. The standard InChI is InChI=1S/C14H15N5OS/c1-3-9-7-15-14(21-9)8(2)16-13(20)10-5-4-6-11-12(10)18-19-17-11/h4-8H,3H2,1-2H3,(H,16,20)(H,17,18,19). The van der Waals surface area contributed by atoms with Crippen LogP contribution in [-0.2, 0) is 6.42 Å². The molecule has 0 fully saturated rings. The van der Waals surface area contributed by atoms with Gasteiger partial charge in [0.05, 0.1) is 11.6 Å². The van der Waals surface area contributed by atoms with Crippen LogP contribution in [0, 0.1) is 0 Å². The zero-order valence-electron chi connectivity index (χ0n) is 11.8. The third-order valence-corrected chi connectivity index (χ3v) is 4.55. The molecule has 2 N–H and O–H groups in total. The van der Waals surface area contributed by atoms with Crippen molar-refractivity contribution < 1.29 is 4.79 Å². The zero-order valence-corrected chi connectivity index (χ0v) is 12.6. The molecule has 3 aromatic rings. The molecular formula is C14H15N5OS. The molecule has 0 spiro atoms. The zero-order chi connectivity index (χ0) is 14.8. The molecule has 1 aromatic carbocycles. The molecule has 0 radical (unpaired) electrons. The Bertz CT molecular complexity index is 778. The molecule has 2 aromatic heterocycles. The summed E-state index contributed by atoms with van der Waals surface area (Å²) in [5, 5.41) is 14.4. The van der Waals surface area contributed by atoms with E-state index in [0.717, 1.165) is 11.4 Å². The van der Waals surface area contributed by atoms with E-state index in [9.17, 15) is 4.79 Å². The van der Waals surface area contributed by atoms with Gasteiger partial charge in [0.25, 0.3) is 5.91 Å². The molecule has 0 saturated heterocycles. The first-order valence-corrected chi connectivity index (χ1v) is 7.55. The molecule has 6 nitrogen and oxygen atoms in total. The number of aromatic nitrogens is 4. The van der Waals surface area contributed by atoms with Gasteiger partial charge in [-0.25, -0.2) is 4.98 Å². The van der Waals surface area contributed by atoms with E-state index in [1.54, 1.807) is 23.5 Å². The maximum absolute atomic E-state index is 12.4. The van der Waals surface area contributed by atoms with Crippen LogP contribution in [0.5, 0.6) is 0 Å². The van der Waals surface area contributed by atoms with E-state index in [-0.39, 0.29) is 11.9 Å². The van der Waals surface area contributed by atoms with Crippen LogP contribution >= 0.6 is 11.3 Å². The number of rotatable bonds is 4. The van der Waals surface area contributed by atoms with Gasteiger partial charge in [-0.15, -0.1) is 11.3 Å². The van der Waals surface area contributed by atoms with Gasteiger partial charge in [0.1, 0.15) is 16.0 Å². The number of para-hydroxylation sites is 1. The number of hydrogen-bond acceptors (Lipinski definition) is 5. The summed E-state index contributed by atoms with van der Waals surface area (Å²) in [5.74, 6) is -0.171. The number of fused-ring (bicyclic) bond motifs is 1. The minimum Gasteiger partial charge on any atom is -0.343 e. The highest BCUT2D eigenvalue weighted by atomic mass is 32.1. The summed E-state index contributed by atoms with van der Waals surface area (Å²) in [7, 11) is 0. The van der Waals surface area contributed by atoms with Crippen molar-refractivity contribution in [2.75, 3.05) is 0 Å². The summed E-state index contributed by atoms with van der Waals surface area (Å²) < 4.78 is 0. The minimum atomic E-state index is -0.171. The fourth-order valence-corrected chi connectivity index (χ4v) is 2.93. The molecule has 21 heavy (non-hydrogen) atoms. The summed E-state index contributed by atoms with van der Waals surface area (Å²) in [4.78, 5) is 18.0. The SMILES string of the molecule is CCc1cnc(C(C)NC(=O)c2cccc3n[nH]nc23)s1. The van der Waals surface area contributed by atoms with Crippen LogP contribution in [0.25, 0.3) is 11.0 Å². The highest BCUT2D eigenvalue weighted by Gasteiger charge is 2.17. The smallest absolute Gasteiger partial charge is 0.254 e. The quantitative estimate of drug-likeness (QED) is 0.775. The van der Waals surface area contributed by atoms with Gasteiger partial charge in [0, 0.05) is 11.1 Å². The number of carbonyl (C=O) groups is 1. The molecule has 7 heteroatoms. The second-order valence-corrected chi connectivity index (χ2v) is 5.86. The third kappa shape index (κ3) is 2.64. The summed E-state index contributed by atoms with van der Waals surface area (Å²) in [5.41, 5.74) is 1.77. The molecule has 0 aliphatic carbocycles. The van der Waals surface area contributed by atoms with Gasteiger partial charge in [0.2, 0.25) is 0 Å². The van der Waals surface area contributed by atoms with Crippen molar-refractivity contribution in [1.29, 1.82) is 0 Å². The first-order valence-electron chi connectivity index (χ1n) is 6.74. The lowest BCUT2D eigenvalue weighted by molar-refractivity contribution is 0.0941. The summed E-state index contributed by atoms with van der Waals surface area (Å²) in [6.07, 6.45) is 2.82. The van der Waals surface area contributed by atoms with Gasteiger partial charge in [-0.3, -0.25) is 4.79 Å². The molecule has 1 atom stereocenters. The lowest BCUT2D eigenvalue weighted by Gasteiger charge is -2.11. The number of aromatic amines is 1. The Morgan fingerprint density at radius 2 is 2.29 bits per heavy atom. The second kappa shape index (κ2) is 5.61. The predicted molar refractivity (Wildman–Crippen MR) is 81.3 cm³/mol. The maximum Gasteiger partial charge on any atom is 0.254 e. The Morgan fingerprint density at radius 1 is 1.43 bits per heavy atom. The Morgan fingerprint density at radius 3 is 3.05 bits per heavy atom. The van der Waals surface area contributed by atoms with Gasteiger partial charge in [-0.05, 0) is 25.5 Å². The molecule has 2 heterocycles. The van der Waals surface area contributed by atoms with Crippen molar-refractivity contribution in [3.05, 3.63) is 39.8 Å². The minimum absolute atomic E-state index is 0.134. The number of thiazole rings is 1. The lowest BCUT2D eigenvalue weighted by Crippen LogP contribution is -2.26. The fraction of sp³-hybridized carbons (Fsp3) is 0.286. The van der Waals surface area contributed by atoms with Crippen molar-refractivity contribution in [1.82, 2.24) is 25.7 Å². The number of nitrogens with one attached hydrogen (secondary N) is 2. The average Bonchev–Trinajstić information content (AvgIpc) is 3.15. The molecule has 3 rings (SSSR count). The van der Waals surface area contributed by atoms with Gasteiger partial charge in [-0.2, -0.15) is 15.4 Å². The second-order valence-electron chi connectivity index (χ2n) is 4.71. The van der Waals surface area contributed by atoms with Crippen LogP contribution in [-0.4, -0.2) is 26.3 Å². The largest absolute Gasteiger partial charge is 0.343 e. The number of benzene rings is 1. The normalized spacial score (nSPS) is 12.5. The molecule has 0 saturated carbocycles. The average molecular weight is 301 g/mol. The number of H-pyrrole nitrogens is 1. The van der Waals surface area contributed by atoms with Crippen LogP contribution in [0.4, 0.5) is 0 Å². The first-order chi connectivity index (χ1) is 10.2. The molecular weight excluding hydrogens is 286 g/mol. The Kier molecular flexibility index (Phi) is 3.66. The van der Waals surface area contributed by atoms with Crippen molar-refractivity contribution in [2.24, 2.45) is 0 Å². The Hall–Kier alpha value is -2.28. The number of carbonyl (C=O) groups excluding carboxylic acids is 1. The Balaban J connectivity index is 1.81. The highest BCUT2D eigenvalue weighted by molar-refractivity contribution is 7.11. The van der Waals surface area contributed by atoms with Gasteiger partial charge in [0.15, 0.2) is 0 Å². The van der Waals surface area contributed by atoms with Crippen LogP contribution in [0.15, 0.2) is 24.4 Å². The molecule has 108 valence electrons. The Labute approximate surface area is 125 Å². The molecule has 0 aliphatic heterocycles. The van der Waals surface area contributed by atoms with Gasteiger partial charge in [-0.1, -0.05) is 13.0 Å². The first kappa shape index (κ1) is 13.7. The van der Waals surface area contributed by atoms with Crippen LogP contribution in [0.3, 0.4) is 0 Å². The van der Waals surface area contributed by atoms with E-state index in [0.29, 0.717) is 16.6 Å². The lowest BCUT2D eigenvalue weighted by atomic mass is 10.1. The van der Waals surface area contributed by atoms with E-state index in [4.69, 9.17) is 0 Å². The number of hydrogen-bond donors (Lipinski definition) is 2. The van der Waals surface area contributed by atoms with E-state index in [1.807, 2.05) is 19.2 Å². The van der Waals surface area contributed by atoms with Crippen LogP contribution in [0.1, 0.15) is 40.1 Å². The van der Waals surface area contributed by atoms with Crippen molar-refractivity contribution in [3.63, 3.8) is 0 Å². The van der Waals surface area contributed by atoms with Gasteiger partial charge < -0.3 is 5.32 Å². The maximum atomic E-state index is 12.4. The summed E-state index contributed by atoms with van der Waals surface area (Å²) in [6.45, 7) is 4.02. The molecule has 0 bridgehead atoms. The van der Waals surface area contributed by atoms with E-state index in [1.165, 1.54) is 4.88 Å². The number of aryl methyl sites for hydroxylation is 1. The van der Waals surface area contributed by atoms with Crippen molar-refractivity contribution >= 4 is 28.3 Å². The number of nitrogens with zero attached hydrogens (tertiary/aromatic N) is 3. The molecule has 0 aliphatic rings. The molecule has 1 unspecified atom stereocenters. The topological polar surface area (TPSA) is 83.6 Å². The molecule has 1 amide bonds. The highest BCUT2D eigenvalue weighted by Crippen LogP contribution is 2.21.